The van der Waals surface area contributed by atoms with Crippen molar-refractivity contribution in [3.05, 3.63) is 28.7 Å². The van der Waals surface area contributed by atoms with Gasteiger partial charge in [0.1, 0.15) is 0 Å². The fraction of sp³-hybridized carbons (Fsp3) is 0.556. The van der Waals surface area contributed by atoms with Crippen molar-refractivity contribution >= 4 is 27.0 Å². The number of sulfonamides is 1. The predicted octanol–water partition coefficient (Wildman–Crippen LogP) is -0.104. The van der Waals surface area contributed by atoms with Crippen LogP contribution in [0.15, 0.2) is 32.3 Å². The number of benzene rings is 1. The zero-order valence-electron chi connectivity index (χ0n) is 16.2. The van der Waals surface area contributed by atoms with E-state index in [1.165, 1.54) is 21.0 Å². The maximum Gasteiger partial charge on any atom is 0.419 e. The Morgan fingerprint density at radius 2 is 1.97 bits per heavy atom. The molecule has 0 aliphatic carbocycles. The number of fused-ring (bicyclic) bond motifs is 1. The fourth-order valence-electron chi connectivity index (χ4n) is 3.72. The Morgan fingerprint density at radius 3 is 2.72 bits per heavy atom. The molecule has 10 nitrogen and oxygen atoms in total. The van der Waals surface area contributed by atoms with Crippen LogP contribution in [0.3, 0.4) is 0 Å². The van der Waals surface area contributed by atoms with Gasteiger partial charge in [-0.05, 0) is 25.0 Å². The number of nitrogens with zero attached hydrogens (tertiary/aromatic N) is 3. The zero-order valence-corrected chi connectivity index (χ0v) is 17.0. The van der Waals surface area contributed by atoms with E-state index in [9.17, 15) is 18.0 Å². The minimum atomic E-state index is -3.81. The van der Waals surface area contributed by atoms with Crippen LogP contribution in [0, 0.1) is 5.92 Å². The summed E-state index contributed by atoms with van der Waals surface area (Å²) in [4.78, 5) is 24.3. The molecule has 1 N–H and O–H groups in total. The Bertz CT molecular complexity index is 1070. The third-order valence-electron chi connectivity index (χ3n) is 5.44. The summed E-state index contributed by atoms with van der Waals surface area (Å²) in [5.74, 6) is -1.14. The molecule has 2 fully saturated rings. The van der Waals surface area contributed by atoms with Crippen molar-refractivity contribution in [2.24, 2.45) is 13.0 Å². The van der Waals surface area contributed by atoms with E-state index in [0.717, 1.165) is 0 Å². The molecule has 2 aliphatic rings. The number of hydrogen-bond donors (Lipinski definition) is 1. The van der Waals surface area contributed by atoms with Crippen molar-refractivity contribution < 1.29 is 22.4 Å². The van der Waals surface area contributed by atoms with Crippen LogP contribution < -0.4 is 11.2 Å². The van der Waals surface area contributed by atoms with E-state index in [-0.39, 0.29) is 22.9 Å². The highest BCUT2D eigenvalue weighted by Gasteiger charge is 2.34. The molecule has 0 saturated carbocycles. The first-order valence-electron chi connectivity index (χ1n) is 9.59. The van der Waals surface area contributed by atoms with Crippen LogP contribution in [0.4, 0.5) is 0 Å². The molecule has 1 aromatic carbocycles. The summed E-state index contributed by atoms with van der Waals surface area (Å²) in [7, 11) is -2.25. The molecule has 4 rings (SSSR count). The summed E-state index contributed by atoms with van der Waals surface area (Å²) in [6, 6.07) is 4.38. The van der Waals surface area contributed by atoms with Gasteiger partial charge in [0.2, 0.25) is 15.9 Å². The third-order valence-corrected chi connectivity index (χ3v) is 7.30. The fourth-order valence-corrected chi connectivity index (χ4v) is 5.26. The topological polar surface area (TPSA) is 114 Å². The van der Waals surface area contributed by atoms with E-state index in [2.05, 4.69) is 5.43 Å². The quantitative estimate of drug-likeness (QED) is 0.729. The van der Waals surface area contributed by atoms with Crippen LogP contribution in [-0.4, -0.2) is 67.6 Å². The second-order valence-electron chi connectivity index (χ2n) is 7.33. The summed E-state index contributed by atoms with van der Waals surface area (Å²) < 4.78 is 39.3. The number of morpholine rings is 1. The zero-order chi connectivity index (χ0) is 20.6. The van der Waals surface area contributed by atoms with Crippen LogP contribution in [0.1, 0.15) is 12.8 Å². The van der Waals surface area contributed by atoms with E-state index in [0.29, 0.717) is 51.2 Å². The minimum Gasteiger partial charge on any atom is -0.408 e. The number of hydrogen-bond acceptors (Lipinski definition) is 7. The first kappa shape index (κ1) is 20.1. The molecule has 1 atom stereocenters. The monoisotopic (exact) mass is 424 g/mol. The van der Waals surface area contributed by atoms with E-state index in [1.54, 1.807) is 13.1 Å². The lowest BCUT2D eigenvalue weighted by Crippen LogP contribution is -2.53. The van der Waals surface area contributed by atoms with Gasteiger partial charge in [-0.25, -0.2) is 18.2 Å². The lowest BCUT2D eigenvalue weighted by Gasteiger charge is -2.33. The average molecular weight is 424 g/mol. The number of carbonyl (C=O) groups is 1. The molecule has 2 aromatic rings. The van der Waals surface area contributed by atoms with Crippen molar-refractivity contribution in [2.45, 2.75) is 17.7 Å². The molecule has 3 heterocycles. The number of oxazole rings is 1. The van der Waals surface area contributed by atoms with E-state index < -0.39 is 21.7 Å². The number of aryl methyl sites for hydroxylation is 1. The number of ether oxygens (including phenoxy) is 1. The largest absolute Gasteiger partial charge is 0.419 e. The molecule has 11 heteroatoms. The Kier molecular flexibility index (Phi) is 5.47. The molecule has 0 spiro atoms. The number of aromatic nitrogens is 1. The molecular weight excluding hydrogens is 400 g/mol. The first-order chi connectivity index (χ1) is 13.9. The highest BCUT2D eigenvalue weighted by atomic mass is 32.2. The highest BCUT2D eigenvalue weighted by molar-refractivity contribution is 7.89. The normalized spacial score (nSPS) is 22.0. The van der Waals surface area contributed by atoms with Gasteiger partial charge in [-0.15, -0.1) is 0 Å². The van der Waals surface area contributed by atoms with Crippen molar-refractivity contribution in [3.63, 3.8) is 0 Å². The molecule has 29 heavy (non-hydrogen) atoms. The Balaban J connectivity index is 1.50. The van der Waals surface area contributed by atoms with Gasteiger partial charge in [0.25, 0.3) is 0 Å². The number of rotatable bonds is 4. The summed E-state index contributed by atoms with van der Waals surface area (Å²) >= 11 is 0. The van der Waals surface area contributed by atoms with Crippen LogP contribution in [0.25, 0.3) is 11.1 Å². The van der Waals surface area contributed by atoms with Crippen LogP contribution in [-0.2, 0) is 26.6 Å². The standard InChI is InChI=1S/C18H24N4O6S/c1-20-15-5-4-14(11-16(15)28-18(20)24)29(25,26)22-6-2-3-13(12-22)17(23)19-21-7-9-27-10-8-21/h4-5,11,13H,2-3,6-10,12H2,1H3,(H,19,23)/t13-/m0/s1. The molecule has 0 radical (unpaired) electrons. The summed E-state index contributed by atoms with van der Waals surface area (Å²) in [5.41, 5.74) is 3.62. The van der Waals surface area contributed by atoms with Crippen molar-refractivity contribution in [3.8, 4) is 0 Å². The smallest absolute Gasteiger partial charge is 0.408 e. The van der Waals surface area contributed by atoms with E-state index in [1.807, 2.05) is 5.01 Å². The van der Waals surface area contributed by atoms with Crippen LogP contribution >= 0.6 is 0 Å². The van der Waals surface area contributed by atoms with E-state index in [4.69, 9.17) is 9.15 Å². The molecule has 158 valence electrons. The SMILES string of the molecule is Cn1c(=O)oc2cc(S(=O)(=O)N3CCC[C@H](C(=O)NN4CCOCC4)C3)ccc21. The van der Waals surface area contributed by atoms with Crippen LogP contribution in [0.2, 0.25) is 0 Å². The first-order valence-corrected chi connectivity index (χ1v) is 11.0. The molecule has 1 aromatic heterocycles. The Labute approximate surface area is 168 Å². The maximum atomic E-state index is 13.1. The second-order valence-corrected chi connectivity index (χ2v) is 9.27. The van der Waals surface area contributed by atoms with Crippen molar-refractivity contribution in [1.29, 1.82) is 0 Å². The number of nitrogens with one attached hydrogen (secondary N) is 1. The summed E-state index contributed by atoms with van der Waals surface area (Å²) in [6.45, 7) is 2.81. The minimum absolute atomic E-state index is 0.0496. The van der Waals surface area contributed by atoms with Gasteiger partial charge in [0, 0.05) is 39.3 Å². The average Bonchev–Trinajstić information content (AvgIpc) is 3.02. The third kappa shape index (κ3) is 3.95. The second kappa shape index (κ2) is 7.90. The highest BCUT2D eigenvalue weighted by Crippen LogP contribution is 2.26. The number of hydrazine groups is 1. The molecule has 0 unspecified atom stereocenters. The number of piperidine rings is 1. The Morgan fingerprint density at radius 1 is 1.21 bits per heavy atom. The van der Waals surface area contributed by atoms with Gasteiger partial charge in [-0.2, -0.15) is 4.31 Å². The Hall–Kier alpha value is -2.21. The maximum absolute atomic E-state index is 13.1. The number of amides is 1. The predicted molar refractivity (Wildman–Crippen MR) is 103 cm³/mol. The van der Waals surface area contributed by atoms with Gasteiger partial charge in [-0.3, -0.25) is 14.8 Å². The molecule has 0 bridgehead atoms. The van der Waals surface area contributed by atoms with Gasteiger partial charge in [-0.1, -0.05) is 0 Å². The van der Waals surface area contributed by atoms with Gasteiger partial charge in [0.15, 0.2) is 5.58 Å². The molecule has 1 amide bonds. The van der Waals surface area contributed by atoms with Crippen molar-refractivity contribution in [2.75, 3.05) is 39.4 Å². The summed E-state index contributed by atoms with van der Waals surface area (Å²) in [5, 5.41) is 1.81. The summed E-state index contributed by atoms with van der Waals surface area (Å²) in [6.07, 6.45) is 1.23. The number of carbonyl (C=O) groups excluding carboxylic acids is 1. The molecular formula is C18H24N4O6S. The lowest BCUT2D eigenvalue weighted by molar-refractivity contribution is -0.133. The van der Waals surface area contributed by atoms with Gasteiger partial charge < -0.3 is 9.15 Å². The van der Waals surface area contributed by atoms with Crippen molar-refractivity contribution in [1.82, 2.24) is 19.3 Å². The molecule has 2 aliphatic heterocycles. The van der Waals surface area contributed by atoms with E-state index >= 15 is 0 Å². The van der Waals surface area contributed by atoms with Gasteiger partial charge in [0.05, 0.1) is 29.5 Å². The lowest BCUT2D eigenvalue weighted by atomic mass is 9.99. The van der Waals surface area contributed by atoms with Gasteiger partial charge >= 0.3 is 5.76 Å². The molecule has 2 saturated heterocycles. The van der Waals surface area contributed by atoms with Crippen LogP contribution in [0.5, 0.6) is 0 Å².